The van der Waals surface area contributed by atoms with E-state index in [1.165, 1.54) is 9.80 Å². The molecular weight excluding hydrogens is 408 g/mol. The topological polar surface area (TPSA) is 111 Å². The SMILES string of the molecule is CN1C(=O)[C@H]2C[C@@]3(CN2C(=O)c2cc(Br)ccc21)O[C@H](CO)[C@@H](O)[C@@H]3O. The fourth-order valence-corrected chi connectivity index (χ4v) is 4.56. The van der Waals surface area contributed by atoms with Gasteiger partial charge >= 0.3 is 0 Å². The van der Waals surface area contributed by atoms with Gasteiger partial charge in [-0.05, 0) is 18.2 Å². The first-order valence-electron chi connectivity index (χ1n) is 8.32. The summed E-state index contributed by atoms with van der Waals surface area (Å²) in [6.07, 6.45) is -3.45. The van der Waals surface area contributed by atoms with E-state index in [0.29, 0.717) is 15.7 Å². The van der Waals surface area contributed by atoms with Gasteiger partial charge in [-0.25, -0.2) is 0 Å². The van der Waals surface area contributed by atoms with E-state index in [1.807, 2.05) is 0 Å². The molecule has 2 amide bonds. The molecule has 2 fully saturated rings. The molecule has 1 aromatic carbocycles. The Morgan fingerprint density at radius 3 is 2.73 bits per heavy atom. The van der Waals surface area contributed by atoms with Gasteiger partial charge in [0.25, 0.3) is 5.91 Å². The monoisotopic (exact) mass is 426 g/mol. The van der Waals surface area contributed by atoms with Crippen LogP contribution in [0.15, 0.2) is 22.7 Å². The average Bonchev–Trinajstić information content (AvgIpc) is 3.11. The Labute approximate surface area is 158 Å². The summed E-state index contributed by atoms with van der Waals surface area (Å²) in [5.74, 6) is -0.618. The molecule has 3 aliphatic rings. The molecule has 9 heteroatoms. The predicted molar refractivity (Wildman–Crippen MR) is 93.7 cm³/mol. The minimum atomic E-state index is -1.29. The highest BCUT2D eigenvalue weighted by atomic mass is 79.9. The highest BCUT2D eigenvalue weighted by Gasteiger charge is 2.62. The van der Waals surface area contributed by atoms with E-state index in [2.05, 4.69) is 15.9 Å². The molecule has 3 aliphatic heterocycles. The zero-order valence-corrected chi connectivity index (χ0v) is 15.6. The Morgan fingerprint density at radius 2 is 2.08 bits per heavy atom. The summed E-state index contributed by atoms with van der Waals surface area (Å²) in [5.41, 5.74) is -0.373. The summed E-state index contributed by atoms with van der Waals surface area (Å²) in [7, 11) is 1.61. The number of fused-ring (bicyclic) bond motifs is 2. The summed E-state index contributed by atoms with van der Waals surface area (Å²) in [6, 6.07) is 4.32. The molecule has 140 valence electrons. The minimum absolute atomic E-state index is 0.0310. The molecule has 26 heavy (non-hydrogen) atoms. The fourth-order valence-electron chi connectivity index (χ4n) is 4.20. The van der Waals surface area contributed by atoms with Crippen LogP contribution < -0.4 is 4.90 Å². The molecule has 1 spiro atoms. The summed E-state index contributed by atoms with van der Waals surface area (Å²) in [6.45, 7) is -0.487. The lowest BCUT2D eigenvalue weighted by molar-refractivity contribution is -0.122. The maximum Gasteiger partial charge on any atom is 0.256 e. The summed E-state index contributed by atoms with van der Waals surface area (Å²) in [5, 5.41) is 29.9. The van der Waals surface area contributed by atoms with E-state index in [9.17, 15) is 24.9 Å². The van der Waals surface area contributed by atoms with Crippen LogP contribution in [0.5, 0.6) is 0 Å². The van der Waals surface area contributed by atoms with E-state index in [-0.39, 0.29) is 24.8 Å². The highest BCUT2D eigenvalue weighted by Crippen LogP contribution is 2.44. The second-order valence-electron chi connectivity index (χ2n) is 7.05. The third-order valence-electron chi connectivity index (χ3n) is 5.59. The first-order valence-corrected chi connectivity index (χ1v) is 9.11. The molecule has 0 saturated carbocycles. The third kappa shape index (κ3) is 2.35. The number of benzene rings is 1. The number of nitrogens with zero attached hydrogens (tertiary/aromatic N) is 2. The maximum atomic E-state index is 13.1. The van der Waals surface area contributed by atoms with E-state index >= 15 is 0 Å². The summed E-state index contributed by atoms with van der Waals surface area (Å²) < 4.78 is 6.45. The minimum Gasteiger partial charge on any atom is -0.394 e. The van der Waals surface area contributed by atoms with Crippen LogP contribution in [0.4, 0.5) is 5.69 Å². The van der Waals surface area contributed by atoms with Gasteiger partial charge in [-0.2, -0.15) is 0 Å². The van der Waals surface area contributed by atoms with Gasteiger partial charge in [-0.3, -0.25) is 9.59 Å². The number of halogens is 1. The van der Waals surface area contributed by atoms with Crippen molar-refractivity contribution in [2.75, 3.05) is 25.1 Å². The van der Waals surface area contributed by atoms with Gasteiger partial charge in [0.2, 0.25) is 5.91 Å². The second-order valence-corrected chi connectivity index (χ2v) is 7.97. The number of aliphatic hydroxyl groups is 3. The predicted octanol–water partition coefficient (Wildman–Crippen LogP) is -0.508. The van der Waals surface area contributed by atoms with Crippen LogP contribution in [0.3, 0.4) is 0 Å². The van der Waals surface area contributed by atoms with E-state index in [1.54, 1.807) is 25.2 Å². The number of amides is 2. The molecular formula is C17H19BrN2O6. The first-order chi connectivity index (χ1) is 12.3. The van der Waals surface area contributed by atoms with E-state index in [4.69, 9.17) is 4.74 Å². The number of hydrogen-bond acceptors (Lipinski definition) is 6. The van der Waals surface area contributed by atoms with Crippen molar-refractivity contribution >= 4 is 33.4 Å². The molecule has 1 aromatic rings. The van der Waals surface area contributed by atoms with Gasteiger partial charge in [0.1, 0.15) is 30.0 Å². The Bertz CT molecular complexity index is 789. The number of rotatable bonds is 1. The molecule has 3 N–H and O–H groups in total. The van der Waals surface area contributed by atoms with Crippen molar-refractivity contribution in [1.82, 2.24) is 4.90 Å². The van der Waals surface area contributed by atoms with Crippen molar-refractivity contribution in [3.63, 3.8) is 0 Å². The smallest absolute Gasteiger partial charge is 0.256 e. The summed E-state index contributed by atoms with van der Waals surface area (Å²) in [4.78, 5) is 28.9. The molecule has 5 atom stereocenters. The Morgan fingerprint density at radius 1 is 1.35 bits per heavy atom. The average molecular weight is 427 g/mol. The van der Waals surface area contributed by atoms with Crippen molar-refractivity contribution in [2.45, 2.75) is 36.4 Å². The molecule has 0 unspecified atom stereocenters. The van der Waals surface area contributed by atoms with Gasteiger partial charge < -0.3 is 29.9 Å². The van der Waals surface area contributed by atoms with Gasteiger partial charge in [-0.1, -0.05) is 15.9 Å². The maximum absolute atomic E-state index is 13.1. The lowest BCUT2D eigenvalue weighted by Crippen LogP contribution is -2.46. The van der Waals surface area contributed by atoms with Gasteiger partial charge in [0.15, 0.2) is 0 Å². The molecule has 0 bridgehead atoms. The lowest BCUT2D eigenvalue weighted by Gasteiger charge is -2.27. The van der Waals surface area contributed by atoms with Crippen LogP contribution in [0.1, 0.15) is 16.8 Å². The van der Waals surface area contributed by atoms with Crippen LogP contribution in [0.2, 0.25) is 0 Å². The van der Waals surface area contributed by atoms with Crippen molar-refractivity contribution in [2.24, 2.45) is 0 Å². The number of hydrogen-bond donors (Lipinski definition) is 3. The van der Waals surface area contributed by atoms with Gasteiger partial charge in [-0.15, -0.1) is 0 Å². The van der Waals surface area contributed by atoms with Crippen LogP contribution in [-0.2, 0) is 9.53 Å². The van der Waals surface area contributed by atoms with Crippen LogP contribution >= 0.6 is 15.9 Å². The first kappa shape index (κ1) is 17.9. The fraction of sp³-hybridized carbons (Fsp3) is 0.529. The van der Waals surface area contributed by atoms with Crippen LogP contribution in [-0.4, -0.2) is 82.2 Å². The van der Waals surface area contributed by atoms with Crippen molar-refractivity contribution in [3.05, 3.63) is 28.2 Å². The zero-order valence-electron chi connectivity index (χ0n) is 14.0. The zero-order chi connectivity index (χ0) is 18.8. The van der Waals surface area contributed by atoms with Gasteiger partial charge in [0.05, 0.1) is 24.4 Å². The molecule has 8 nitrogen and oxygen atoms in total. The van der Waals surface area contributed by atoms with E-state index < -0.39 is 36.6 Å². The highest BCUT2D eigenvalue weighted by molar-refractivity contribution is 9.10. The largest absolute Gasteiger partial charge is 0.394 e. The standard InChI is InChI=1S/C17H19BrN2O6/c1-19-10-3-2-8(18)4-9(10)15(24)20-7-17(5-11(20)16(19)25)14(23)13(22)12(6-21)26-17/h2-4,11-14,21-23H,5-7H2,1H3/t11-,12-,13-,14+,17+/m1/s1. The van der Waals surface area contributed by atoms with E-state index in [0.717, 1.165) is 0 Å². The quantitative estimate of drug-likeness (QED) is 0.557. The van der Waals surface area contributed by atoms with Crippen molar-refractivity contribution in [1.29, 1.82) is 0 Å². The van der Waals surface area contributed by atoms with Crippen LogP contribution in [0, 0.1) is 0 Å². The molecule has 2 saturated heterocycles. The third-order valence-corrected chi connectivity index (χ3v) is 6.08. The number of carbonyl (C=O) groups excluding carboxylic acids is 2. The second kappa shape index (κ2) is 6.00. The summed E-state index contributed by atoms with van der Waals surface area (Å²) >= 11 is 3.35. The number of likely N-dealkylation sites (N-methyl/N-ethyl adjacent to an activating group) is 1. The Hall–Kier alpha value is -1.52. The van der Waals surface area contributed by atoms with Crippen LogP contribution in [0.25, 0.3) is 0 Å². The molecule has 0 aliphatic carbocycles. The molecule has 0 aromatic heterocycles. The van der Waals surface area contributed by atoms with Crippen molar-refractivity contribution in [3.8, 4) is 0 Å². The Balaban J connectivity index is 1.76. The lowest BCUT2D eigenvalue weighted by atomic mass is 9.91. The number of carbonyl (C=O) groups is 2. The Kier molecular flexibility index (Phi) is 4.12. The number of ether oxygens (including phenoxy) is 1. The molecule has 3 heterocycles. The van der Waals surface area contributed by atoms with Crippen molar-refractivity contribution < 1.29 is 29.6 Å². The number of anilines is 1. The molecule has 4 rings (SSSR count). The molecule has 0 radical (unpaired) electrons. The van der Waals surface area contributed by atoms with Gasteiger partial charge in [0, 0.05) is 17.9 Å². The normalized spacial score (nSPS) is 36.5. The number of aliphatic hydroxyl groups excluding tert-OH is 3.